The Labute approximate surface area is 116 Å². The Hall–Kier alpha value is -0.900. The summed E-state index contributed by atoms with van der Waals surface area (Å²) in [6.07, 6.45) is 5.06. The fourth-order valence-corrected chi connectivity index (χ4v) is 3.27. The molecule has 1 aliphatic rings. The first-order valence-corrected chi connectivity index (χ1v) is 7.38. The first kappa shape index (κ1) is 14.5. The van der Waals surface area contributed by atoms with Crippen LogP contribution in [0, 0.1) is 0 Å². The van der Waals surface area contributed by atoms with Crippen LogP contribution in [0.25, 0.3) is 0 Å². The van der Waals surface area contributed by atoms with E-state index in [1.165, 1.54) is 31.2 Å². The van der Waals surface area contributed by atoms with Crippen molar-refractivity contribution in [1.82, 2.24) is 4.90 Å². The molecule has 0 aliphatic heterocycles. The summed E-state index contributed by atoms with van der Waals surface area (Å²) in [5.41, 5.74) is 8.56. The van der Waals surface area contributed by atoms with Gasteiger partial charge in [0.2, 0.25) is 0 Å². The molecule has 0 atom stereocenters. The first-order chi connectivity index (χ1) is 9.24. The van der Waals surface area contributed by atoms with Crippen molar-refractivity contribution >= 4 is 0 Å². The Morgan fingerprint density at radius 2 is 1.74 bits per heavy atom. The minimum Gasteiger partial charge on any atom is -0.392 e. The number of benzene rings is 1. The summed E-state index contributed by atoms with van der Waals surface area (Å²) in [6, 6.07) is 8.25. The van der Waals surface area contributed by atoms with Gasteiger partial charge < -0.3 is 10.8 Å². The lowest BCUT2D eigenvalue weighted by Crippen LogP contribution is -2.51. The second-order valence-electron chi connectivity index (χ2n) is 5.62. The molecular formula is C16H26N2O. The van der Waals surface area contributed by atoms with Gasteiger partial charge in [0.15, 0.2) is 0 Å². The number of nitrogens with two attached hydrogens (primary N) is 1. The number of hydrogen-bond donors (Lipinski definition) is 2. The van der Waals surface area contributed by atoms with Crippen molar-refractivity contribution in [2.24, 2.45) is 5.73 Å². The summed E-state index contributed by atoms with van der Waals surface area (Å²) in [5.74, 6) is 0. The van der Waals surface area contributed by atoms with Crippen molar-refractivity contribution in [3.05, 3.63) is 35.4 Å². The Balaban J connectivity index is 2.09. The topological polar surface area (TPSA) is 49.5 Å². The molecular weight excluding hydrogens is 236 g/mol. The van der Waals surface area contributed by atoms with Crippen LogP contribution < -0.4 is 5.73 Å². The molecule has 1 fully saturated rings. The van der Waals surface area contributed by atoms with Gasteiger partial charge in [0, 0.05) is 18.6 Å². The molecule has 0 bridgehead atoms. The summed E-state index contributed by atoms with van der Waals surface area (Å²) in [4.78, 5) is 2.54. The molecule has 1 aliphatic carbocycles. The monoisotopic (exact) mass is 262 g/mol. The van der Waals surface area contributed by atoms with E-state index in [-0.39, 0.29) is 12.1 Å². The van der Waals surface area contributed by atoms with E-state index in [9.17, 15) is 0 Å². The molecule has 3 heteroatoms. The molecule has 1 saturated carbocycles. The minimum atomic E-state index is 0.116. The quantitative estimate of drug-likeness (QED) is 0.827. The Morgan fingerprint density at radius 3 is 2.21 bits per heavy atom. The van der Waals surface area contributed by atoms with Crippen molar-refractivity contribution in [2.45, 2.75) is 51.3 Å². The molecule has 0 aromatic heterocycles. The highest BCUT2D eigenvalue weighted by atomic mass is 16.3. The fourth-order valence-electron chi connectivity index (χ4n) is 3.27. The van der Waals surface area contributed by atoms with E-state index in [0.29, 0.717) is 0 Å². The number of likely N-dealkylation sites (N-methyl/N-ethyl adjacent to an activating group) is 1. The molecule has 1 aromatic rings. The predicted molar refractivity (Wildman–Crippen MR) is 78.7 cm³/mol. The van der Waals surface area contributed by atoms with Crippen molar-refractivity contribution in [3.8, 4) is 0 Å². The van der Waals surface area contributed by atoms with E-state index in [1.807, 2.05) is 12.1 Å². The highest BCUT2D eigenvalue weighted by Gasteiger charge is 2.37. The van der Waals surface area contributed by atoms with Crippen LogP contribution >= 0.6 is 0 Å². The summed E-state index contributed by atoms with van der Waals surface area (Å²) in [7, 11) is 0. The largest absolute Gasteiger partial charge is 0.392 e. The average molecular weight is 262 g/mol. The van der Waals surface area contributed by atoms with Gasteiger partial charge in [-0.1, -0.05) is 44.0 Å². The molecule has 3 N–H and O–H groups in total. The second-order valence-corrected chi connectivity index (χ2v) is 5.62. The maximum absolute atomic E-state index is 9.08. The van der Waals surface area contributed by atoms with Gasteiger partial charge in [-0.15, -0.1) is 0 Å². The maximum atomic E-state index is 9.08. The fraction of sp³-hybridized carbons (Fsp3) is 0.625. The van der Waals surface area contributed by atoms with E-state index < -0.39 is 0 Å². The molecule has 2 rings (SSSR count). The van der Waals surface area contributed by atoms with Gasteiger partial charge in [-0.25, -0.2) is 0 Å². The lowest BCUT2D eigenvalue weighted by atomic mass is 9.94. The standard InChI is InChI=1S/C16H26N2O/c1-2-18(16(13-17)9-3-4-10-16)11-14-5-7-15(12-19)8-6-14/h5-8,19H,2-4,9-13,17H2,1H3. The molecule has 0 saturated heterocycles. The normalized spacial score (nSPS) is 18.1. The number of aliphatic hydroxyl groups is 1. The van der Waals surface area contributed by atoms with Gasteiger partial charge in [0.25, 0.3) is 0 Å². The predicted octanol–water partition coefficient (Wildman–Crippen LogP) is 2.27. The molecule has 106 valence electrons. The van der Waals surface area contributed by atoms with E-state index in [4.69, 9.17) is 10.8 Å². The summed E-state index contributed by atoms with van der Waals surface area (Å²) < 4.78 is 0. The van der Waals surface area contributed by atoms with Crippen molar-refractivity contribution in [1.29, 1.82) is 0 Å². The van der Waals surface area contributed by atoms with Crippen LogP contribution in [0.3, 0.4) is 0 Å². The summed E-state index contributed by atoms with van der Waals surface area (Å²) in [5, 5.41) is 9.08. The number of rotatable bonds is 6. The van der Waals surface area contributed by atoms with E-state index >= 15 is 0 Å². The first-order valence-electron chi connectivity index (χ1n) is 7.38. The lowest BCUT2D eigenvalue weighted by Gasteiger charge is -2.40. The van der Waals surface area contributed by atoms with E-state index in [1.54, 1.807) is 0 Å². The smallest absolute Gasteiger partial charge is 0.0681 e. The van der Waals surface area contributed by atoms with Gasteiger partial charge in [-0.05, 0) is 30.5 Å². The highest BCUT2D eigenvalue weighted by Crippen LogP contribution is 2.35. The Bertz CT molecular complexity index is 382. The molecule has 19 heavy (non-hydrogen) atoms. The van der Waals surface area contributed by atoms with E-state index in [2.05, 4.69) is 24.0 Å². The van der Waals surface area contributed by atoms with Crippen LogP contribution in [-0.4, -0.2) is 28.6 Å². The van der Waals surface area contributed by atoms with Gasteiger partial charge in [0.1, 0.15) is 0 Å². The second kappa shape index (κ2) is 6.51. The van der Waals surface area contributed by atoms with Gasteiger partial charge in [0.05, 0.1) is 6.61 Å². The molecule has 0 amide bonds. The number of aliphatic hydroxyl groups excluding tert-OH is 1. The number of nitrogens with zero attached hydrogens (tertiary/aromatic N) is 1. The zero-order valence-electron chi connectivity index (χ0n) is 11.9. The molecule has 0 unspecified atom stereocenters. The SMILES string of the molecule is CCN(Cc1ccc(CO)cc1)C1(CN)CCCC1. The van der Waals surface area contributed by atoms with Crippen molar-refractivity contribution in [2.75, 3.05) is 13.1 Å². The van der Waals surface area contributed by atoms with Gasteiger partial charge >= 0.3 is 0 Å². The lowest BCUT2D eigenvalue weighted by molar-refractivity contribution is 0.0971. The van der Waals surface area contributed by atoms with Crippen LogP contribution in [-0.2, 0) is 13.2 Å². The molecule has 0 radical (unpaired) electrons. The third kappa shape index (κ3) is 3.16. The summed E-state index contributed by atoms with van der Waals surface area (Å²) in [6.45, 7) is 5.09. The van der Waals surface area contributed by atoms with Crippen molar-refractivity contribution in [3.63, 3.8) is 0 Å². The van der Waals surface area contributed by atoms with Crippen LogP contribution in [0.5, 0.6) is 0 Å². The molecule has 3 nitrogen and oxygen atoms in total. The van der Waals surface area contributed by atoms with Crippen LogP contribution in [0.15, 0.2) is 24.3 Å². The maximum Gasteiger partial charge on any atom is 0.0681 e. The van der Waals surface area contributed by atoms with Crippen molar-refractivity contribution < 1.29 is 5.11 Å². The third-order valence-corrected chi connectivity index (χ3v) is 4.55. The Morgan fingerprint density at radius 1 is 1.16 bits per heavy atom. The third-order valence-electron chi connectivity index (χ3n) is 4.55. The average Bonchev–Trinajstić information content (AvgIpc) is 2.95. The Kier molecular flexibility index (Phi) is 4.97. The van der Waals surface area contributed by atoms with Crippen LogP contribution in [0.4, 0.5) is 0 Å². The minimum absolute atomic E-state index is 0.116. The van der Waals surface area contributed by atoms with Gasteiger partial charge in [-0.3, -0.25) is 4.90 Å². The van der Waals surface area contributed by atoms with Gasteiger partial charge in [-0.2, -0.15) is 0 Å². The molecule has 1 aromatic carbocycles. The zero-order chi connectivity index (χ0) is 13.7. The number of hydrogen-bond acceptors (Lipinski definition) is 3. The van der Waals surface area contributed by atoms with Crippen LogP contribution in [0.2, 0.25) is 0 Å². The molecule has 0 spiro atoms. The highest BCUT2D eigenvalue weighted by molar-refractivity contribution is 5.22. The summed E-state index contributed by atoms with van der Waals surface area (Å²) >= 11 is 0. The zero-order valence-corrected chi connectivity index (χ0v) is 11.9. The van der Waals surface area contributed by atoms with E-state index in [0.717, 1.165) is 25.2 Å². The van der Waals surface area contributed by atoms with Crippen LogP contribution in [0.1, 0.15) is 43.7 Å². The molecule has 0 heterocycles.